The van der Waals surface area contributed by atoms with Crippen LogP contribution in [0.5, 0.6) is 5.75 Å². The van der Waals surface area contributed by atoms with Crippen molar-refractivity contribution >= 4 is 33.2 Å². The van der Waals surface area contributed by atoms with Crippen LogP contribution in [-0.4, -0.2) is 71.1 Å². The highest BCUT2D eigenvalue weighted by Crippen LogP contribution is 2.26. The van der Waals surface area contributed by atoms with Crippen molar-refractivity contribution in [1.29, 1.82) is 0 Å². The van der Waals surface area contributed by atoms with Crippen LogP contribution in [0.2, 0.25) is 0 Å². The molecule has 2 amide bonds. The van der Waals surface area contributed by atoms with Crippen molar-refractivity contribution < 1.29 is 27.5 Å². The standard InChI is InChI=1S/C23H30N4O6S/c1-16(2)26-34(30,31)21-14-17(4-9-20(21)32-3)23(29)25-19-7-5-18(6-8-19)24-22(28)15-27-10-12-33-13-11-27/h4-9,14,16,26H,10-13,15H2,1-3H3,(H,24,28)(H,25,29). The van der Waals surface area contributed by atoms with Gasteiger partial charge in [0.05, 0.1) is 26.9 Å². The average Bonchev–Trinajstić information content (AvgIpc) is 2.79. The summed E-state index contributed by atoms with van der Waals surface area (Å²) in [7, 11) is -2.50. The van der Waals surface area contributed by atoms with Gasteiger partial charge < -0.3 is 20.1 Å². The number of hydrogen-bond acceptors (Lipinski definition) is 7. The first kappa shape index (κ1) is 25.6. The summed E-state index contributed by atoms with van der Waals surface area (Å²) < 4.78 is 38.2. The zero-order valence-electron chi connectivity index (χ0n) is 19.5. The lowest BCUT2D eigenvalue weighted by atomic mass is 10.2. The van der Waals surface area contributed by atoms with Crippen molar-refractivity contribution in [1.82, 2.24) is 9.62 Å². The molecule has 1 saturated heterocycles. The van der Waals surface area contributed by atoms with Crippen molar-refractivity contribution in [3.8, 4) is 5.75 Å². The largest absolute Gasteiger partial charge is 0.495 e. The maximum Gasteiger partial charge on any atom is 0.255 e. The Kier molecular flexibility index (Phi) is 8.61. The number of anilines is 2. The van der Waals surface area contributed by atoms with Crippen molar-refractivity contribution in [2.45, 2.75) is 24.8 Å². The minimum absolute atomic E-state index is 0.116. The Morgan fingerprint density at radius 2 is 1.65 bits per heavy atom. The van der Waals surface area contributed by atoms with Crippen molar-refractivity contribution in [3.05, 3.63) is 48.0 Å². The van der Waals surface area contributed by atoms with Gasteiger partial charge >= 0.3 is 0 Å². The molecule has 1 heterocycles. The van der Waals surface area contributed by atoms with E-state index in [2.05, 4.69) is 15.4 Å². The van der Waals surface area contributed by atoms with E-state index in [1.807, 2.05) is 4.90 Å². The molecule has 3 N–H and O–H groups in total. The number of rotatable bonds is 9. The summed E-state index contributed by atoms with van der Waals surface area (Å²) in [6, 6.07) is 10.6. The summed E-state index contributed by atoms with van der Waals surface area (Å²) in [4.78, 5) is 26.9. The SMILES string of the molecule is COc1ccc(C(=O)Nc2ccc(NC(=O)CN3CCOCC3)cc2)cc1S(=O)(=O)NC(C)C. The number of amides is 2. The van der Waals surface area contributed by atoms with Gasteiger partial charge in [-0.05, 0) is 56.3 Å². The van der Waals surface area contributed by atoms with Gasteiger partial charge in [0.1, 0.15) is 10.6 Å². The molecule has 34 heavy (non-hydrogen) atoms. The zero-order valence-corrected chi connectivity index (χ0v) is 20.3. The number of nitrogens with zero attached hydrogens (tertiary/aromatic N) is 1. The van der Waals surface area contributed by atoms with Gasteiger partial charge in [-0.25, -0.2) is 13.1 Å². The van der Waals surface area contributed by atoms with E-state index in [1.54, 1.807) is 38.1 Å². The highest BCUT2D eigenvalue weighted by Gasteiger charge is 2.22. The Labute approximate surface area is 199 Å². The second kappa shape index (κ2) is 11.4. The van der Waals surface area contributed by atoms with E-state index in [0.717, 1.165) is 13.1 Å². The van der Waals surface area contributed by atoms with Gasteiger partial charge in [0.25, 0.3) is 5.91 Å². The average molecular weight is 491 g/mol. The van der Waals surface area contributed by atoms with E-state index in [0.29, 0.717) is 24.6 Å². The van der Waals surface area contributed by atoms with Crippen molar-refractivity contribution in [3.63, 3.8) is 0 Å². The fourth-order valence-electron chi connectivity index (χ4n) is 3.40. The van der Waals surface area contributed by atoms with Crippen LogP contribution in [0.15, 0.2) is 47.4 Å². The van der Waals surface area contributed by atoms with E-state index in [1.165, 1.54) is 25.3 Å². The minimum Gasteiger partial charge on any atom is -0.495 e. The lowest BCUT2D eigenvalue weighted by Gasteiger charge is -2.25. The molecule has 11 heteroatoms. The Bertz CT molecular complexity index is 1110. The molecule has 0 aromatic heterocycles. The molecule has 0 spiro atoms. The molecule has 10 nitrogen and oxygen atoms in total. The van der Waals surface area contributed by atoms with Crippen molar-refractivity contribution in [2.75, 3.05) is 50.6 Å². The first-order valence-corrected chi connectivity index (χ1v) is 12.4. The van der Waals surface area contributed by atoms with Crippen molar-refractivity contribution in [2.24, 2.45) is 0 Å². The van der Waals surface area contributed by atoms with Gasteiger partial charge in [0, 0.05) is 36.1 Å². The maximum absolute atomic E-state index is 12.7. The first-order chi connectivity index (χ1) is 16.2. The molecule has 1 aliphatic heterocycles. The molecule has 0 aliphatic carbocycles. The Hall–Kier alpha value is -2.99. The van der Waals surface area contributed by atoms with Crippen LogP contribution in [0.4, 0.5) is 11.4 Å². The van der Waals surface area contributed by atoms with Crippen LogP contribution in [0.25, 0.3) is 0 Å². The normalized spacial score (nSPS) is 14.6. The Balaban J connectivity index is 1.65. The third-order valence-electron chi connectivity index (χ3n) is 5.00. The molecule has 3 rings (SSSR count). The van der Waals surface area contributed by atoms with Crippen LogP contribution >= 0.6 is 0 Å². The highest BCUT2D eigenvalue weighted by atomic mass is 32.2. The topological polar surface area (TPSA) is 126 Å². The van der Waals surface area contributed by atoms with Gasteiger partial charge in [0.2, 0.25) is 15.9 Å². The number of carbonyl (C=O) groups is 2. The number of methoxy groups -OCH3 is 1. The fourth-order valence-corrected chi connectivity index (χ4v) is 4.85. The lowest BCUT2D eigenvalue weighted by Crippen LogP contribution is -2.41. The summed E-state index contributed by atoms with van der Waals surface area (Å²) in [5.41, 5.74) is 1.26. The summed E-state index contributed by atoms with van der Waals surface area (Å²) in [6.45, 7) is 6.39. The van der Waals surface area contributed by atoms with Crippen LogP contribution in [0.3, 0.4) is 0 Å². The van der Waals surface area contributed by atoms with Gasteiger partial charge in [0.15, 0.2) is 0 Å². The summed E-state index contributed by atoms with van der Waals surface area (Å²) in [5, 5.41) is 5.56. The highest BCUT2D eigenvalue weighted by molar-refractivity contribution is 7.89. The molecule has 1 fully saturated rings. The van der Waals surface area contributed by atoms with E-state index in [4.69, 9.17) is 9.47 Å². The second-order valence-corrected chi connectivity index (χ2v) is 9.79. The molecule has 0 unspecified atom stereocenters. The molecular formula is C23H30N4O6S. The number of carbonyl (C=O) groups excluding carboxylic acids is 2. The Morgan fingerprint density at radius 3 is 2.24 bits per heavy atom. The number of benzene rings is 2. The maximum atomic E-state index is 12.7. The molecule has 2 aromatic carbocycles. The number of nitrogens with one attached hydrogen (secondary N) is 3. The number of hydrogen-bond donors (Lipinski definition) is 3. The van der Waals surface area contributed by atoms with E-state index < -0.39 is 15.9 Å². The predicted molar refractivity (Wildman–Crippen MR) is 129 cm³/mol. The van der Waals surface area contributed by atoms with Gasteiger partial charge in [-0.1, -0.05) is 0 Å². The van der Waals surface area contributed by atoms with Gasteiger partial charge in [-0.2, -0.15) is 0 Å². The summed E-state index contributed by atoms with van der Waals surface area (Å²) >= 11 is 0. The molecule has 2 aromatic rings. The quantitative estimate of drug-likeness (QED) is 0.490. The first-order valence-electron chi connectivity index (χ1n) is 10.9. The van der Waals surface area contributed by atoms with Gasteiger partial charge in [-0.15, -0.1) is 0 Å². The third-order valence-corrected chi connectivity index (χ3v) is 6.68. The molecule has 0 radical (unpaired) electrons. The Morgan fingerprint density at radius 1 is 1.03 bits per heavy atom. The molecule has 0 atom stereocenters. The smallest absolute Gasteiger partial charge is 0.255 e. The number of sulfonamides is 1. The summed E-state index contributed by atoms with van der Waals surface area (Å²) in [6.07, 6.45) is 0. The fraction of sp³-hybridized carbons (Fsp3) is 0.391. The van der Waals surface area contributed by atoms with Crippen LogP contribution < -0.4 is 20.1 Å². The number of morpholine rings is 1. The zero-order chi connectivity index (χ0) is 24.7. The monoisotopic (exact) mass is 490 g/mol. The molecule has 0 saturated carbocycles. The molecule has 184 valence electrons. The third kappa shape index (κ3) is 7.00. The van der Waals surface area contributed by atoms with Crippen LogP contribution in [0.1, 0.15) is 24.2 Å². The number of ether oxygens (including phenoxy) is 2. The summed E-state index contributed by atoms with van der Waals surface area (Å²) in [5.74, 6) is -0.463. The minimum atomic E-state index is -3.86. The molecule has 0 bridgehead atoms. The van der Waals surface area contributed by atoms with Gasteiger partial charge in [-0.3, -0.25) is 14.5 Å². The lowest BCUT2D eigenvalue weighted by molar-refractivity contribution is -0.118. The second-order valence-electron chi connectivity index (χ2n) is 8.11. The van der Waals surface area contributed by atoms with Crippen LogP contribution in [0, 0.1) is 0 Å². The molecule has 1 aliphatic rings. The van der Waals surface area contributed by atoms with E-state index in [9.17, 15) is 18.0 Å². The van der Waals surface area contributed by atoms with Crippen LogP contribution in [-0.2, 0) is 19.6 Å². The van der Waals surface area contributed by atoms with E-state index in [-0.39, 0.29) is 34.7 Å². The molecular weight excluding hydrogens is 460 g/mol. The predicted octanol–water partition coefficient (Wildman–Crippen LogP) is 1.90. The van der Waals surface area contributed by atoms with E-state index >= 15 is 0 Å².